The van der Waals surface area contributed by atoms with Crippen LogP contribution in [0, 0.1) is 29.1 Å². The largest absolute Gasteiger partial charge is 0.207 e. The molecule has 0 unspecified atom stereocenters. The first-order valence-electron chi connectivity index (χ1n) is 3.93. The summed E-state index contributed by atoms with van der Waals surface area (Å²) in [4.78, 5) is 0. The summed E-state index contributed by atoms with van der Waals surface area (Å²) >= 11 is 0. The summed E-state index contributed by atoms with van der Waals surface area (Å²) in [5, 5.41) is -1.11. The molecule has 2 aromatic rings. The van der Waals surface area contributed by atoms with Crippen LogP contribution >= 0.6 is 0 Å². The second-order valence-corrected chi connectivity index (χ2v) is 2.97. The van der Waals surface area contributed by atoms with E-state index in [1.165, 1.54) is 0 Å². The van der Waals surface area contributed by atoms with Crippen LogP contribution in [0.25, 0.3) is 10.8 Å². The lowest BCUT2D eigenvalue weighted by molar-refractivity contribution is 0.452. The normalized spacial score (nSPS) is 11.0. The highest BCUT2D eigenvalue weighted by atomic mass is 19.2. The second-order valence-electron chi connectivity index (χ2n) is 2.97. The van der Waals surface area contributed by atoms with Gasteiger partial charge in [0, 0.05) is 16.8 Å². The zero-order valence-corrected chi connectivity index (χ0v) is 7.12. The molecule has 0 fully saturated rings. The summed E-state index contributed by atoms with van der Waals surface area (Å²) in [6.45, 7) is 0. The van der Waals surface area contributed by atoms with E-state index in [1.54, 1.807) is 0 Å². The molecule has 0 spiro atoms. The Balaban J connectivity index is 2.98. The maximum Gasteiger partial charge on any atom is 0.195 e. The first-order chi connectivity index (χ1) is 7.00. The maximum absolute atomic E-state index is 13.1. The molecule has 0 radical (unpaired) electrons. The molecule has 0 N–H and O–H groups in total. The Morgan fingerprint density at radius 1 is 0.600 bits per heavy atom. The van der Waals surface area contributed by atoms with Crippen LogP contribution in [0.1, 0.15) is 0 Å². The molecule has 0 aliphatic rings. The number of halogens is 5. The van der Waals surface area contributed by atoms with Crippen LogP contribution in [-0.2, 0) is 0 Å². The van der Waals surface area contributed by atoms with Crippen molar-refractivity contribution >= 4 is 10.8 Å². The van der Waals surface area contributed by atoms with Gasteiger partial charge in [-0.25, -0.2) is 22.0 Å². The summed E-state index contributed by atoms with van der Waals surface area (Å²) in [7, 11) is 0. The highest BCUT2D eigenvalue weighted by molar-refractivity contribution is 5.84. The quantitative estimate of drug-likeness (QED) is 0.468. The summed E-state index contributed by atoms with van der Waals surface area (Å²) in [6.07, 6.45) is 0. The van der Waals surface area contributed by atoms with Gasteiger partial charge < -0.3 is 0 Å². The maximum atomic E-state index is 13.1. The molecule has 0 atom stereocenters. The lowest BCUT2D eigenvalue weighted by Crippen LogP contribution is -1.95. The third-order valence-electron chi connectivity index (χ3n) is 2.00. The molecular weight excluding hydrogens is 215 g/mol. The fourth-order valence-electron chi connectivity index (χ4n) is 1.33. The lowest BCUT2D eigenvalue weighted by Gasteiger charge is -2.03. The predicted octanol–water partition coefficient (Wildman–Crippen LogP) is 3.54. The molecule has 2 rings (SSSR count). The second kappa shape index (κ2) is 3.18. The van der Waals surface area contributed by atoms with Crippen molar-refractivity contribution in [1.82, 2.24) is 0 Å². The van der Waals surface area contributed by atoms with E-state index in [0.29, 0.717) is 18.2 Å². The van der Waals surface area contributed by atoms with Crippen LogP contribution < -0.4 is 0 Å². The first-order valence-corrected chi connectivity index (χ1v) is 3.93. The Morgan fingerprint density at radius 2 is 1.27 bits per heavy atom. The van der Waals surface area contributed by atoms with E-state index in [1.807, 2.05) is 0 Å². The molecule has 78 valence electrons. The standard InChI is InChI=1S/C10H3F5/c11-4-1-6-5(7(12)2-4)3-8(13)10(15)9(6)14/h1-3H. The summed E-state index contributed by atoms with van der Waals surface area (Å²) < 4.78 is 64.2. The van der Waals surface area contributed by atoms with E-state index in [9.17, 15) is 22.0 Å². The van der Waals surface area contributed by atoms with Gasteiger partial charge in [-0.3, -0.25) is 0 Å². The molecule has 0 saturated carbocycles. The number of rotatable bonds is 0. The topological polar surface area (TPSA) is 0 Å². The van der Waals surface area contributed by atoms with Crippen LogP contribution in [0.15, 0.2) is 18.2 Å². The van der Waals surface area contributed by atoms with Crippen LogP contribution in [0.4, 0.5) is 22.0 Å². The van der Waals surface area contributed by atoms with Crippen molar-refractivity contribution in [3.8, 4) is 0 Å². The summed E-state index contributed by atoms with van der Waals surface area (Å²) in [6, 6.07) is 1.57. The fourth-order valence-corrected chi connectivity index (χ4v) is 1.33. The third-order valence-corrected chi connectivity index (χ3v) is 2.00. The zero-order chi connectivity index (χ0) is 11.2. The fraction of sp³-hybridized carbons (Fsp3) is 0. The van der Waals surface area contributed by atoms with Crippen molar-refractivity contribution in [3.05, 3.63) is 47.3 Å². The molecule has 5 heteroatoms. The SMILES string of the molecule is Fc1cc(F)c2cc(F)c(F)c(F)c2c1. The minimum atomic E-state index is -1.74. The Hall–Kier alpha value is -1.65. The molecule has 0 aromatic heterocycles. The Labute approximate surface area is 80.9 Å². The van der Waals surface area contributed by atoms with Gasteiger partial charge in [0.25, 0.3) is 0 Å². The first kappa shape index (κ1) is 9.89. The lowest BCUT2D eigenvalue weighted by atomic mass is 10.1. The van der Waals surface area contributed by atoms with Crippen LogP contribution in [0.3, 0.4) is 0 Å². The van der Waals surface area contributed by atoms with Crippen LogP contribution in [0.2, 0.25) is 0 Å². The predicted molar refractivity (Wildman–Crippen MR) is 43.7 cm³/mol. The molecule has 0 aliphatic heterocycles. The van der Waals surface area contributed by atoms with Crippen molar-refractivity contribution in [2.45, 2.75) is 0 Å². The van der Waals surface area contributed by atoms with Gasteiger partial charge in [-0.05, 0) is 12.1 Å². The molecule has 15 heavy (non-hydrogen) atoms. The Bertz CT molecular complexity index is 547. The van der Waals surface area contributed by atoms with Gasteiger partial charge in [0.05, 0.1) is 0 Å². The summed E-state index contributed by atoms with van der Waals surface area (Å²) in [5.74, 6) is -7.03. The van der Waals surface area contributed by atoms with Gasteiger partial charge in [0.1, 0.15) is 11.6 Å². The average Bonchev–Trinajstić information content (AvgIpc) is 2.17. The molecule has 0 bridgehead atoms. The van der Waals surface area contributed by atoms with E-state index in [0.717, 1.165) is 0 Å². The third kappa shape index (κ3) is 1.44. The van der Waals surface area contributed by atoms with Crippen molar-refractivity contribution in [1.29, 1.82) is 0 Å². The Kier molecular flexibility index (Phi) is 2.10. The van der Waals surface area contributed by atoms with Crippen molar-refractivity contribution in [2.24, 2.45) is 0 Å². The minimum Gasteiger partial charge on any atom is -0.207 e. The van der Waals surface area contributed by atoms with Gasteiger partial charge in [-0.1, -0.05) is 0 Å². The molecule has 2 aromatic carbocycles. The molecule has 0 heterocycles. The minimum absolute atomic E-state index is 0.471. The van der Waals surface area contributed by atoms with Gasteiger partial charge in [0.2, 0.25) is 0 Å². The van der Waals surface area contributed by atoms with Crippen molar-refractivity contribution in [3.63, 3.8) is 0 Å². The molecule has 0 nitrogen and oxygen atoms in total. The van der Waals surface area contributed by atoms with Gasteiger partial charge in [0.15, 0.2) is 17.5 Å². The molecule has 0 aliphatic carbocycles. The molecule has 0 amide bonds. The van der Waals surface area contributed by atoms with E-state index >= 15 is 0 Å². The molecule has 0 saturated heterocycles. The van der Waals surface area contributed by atoms with Gasteiger partial charge in [-0.2, -0.15) is 0 Å². The Morgan fingerprint density at radius 3 is 1.93 bits per heavy atom. The number of benzene rings is 2. The molecular formula is C10H3F5. The highest BCUT2D eigenvalue weighted by Crippen LogP contribution is 2.25. The van der Waals surface area contributed by atoms with Gasteiger partial charge >= 0.3 is 0 Å². The van der Waals surface area contributed by atoms with E-state index in [2.05, 4.69) is 0 Å². The number of hydrogen-bond acceptors (Lipinski definition) is 0. The smallest absolute Gasteiger partial charge is 0.195 e. The van der Waals surface area contributed by atoms with Crippen LogP contribution in [-0.4, -0.2) is 0 Å². The van der Waals surface area contributed by atoms with E-state index in [4.69, 9.17) is 0 Å². The van der Waals surface area contributed by atoms with Crippen molar-refractivity contribution in [2.75, 3.05) is 0 Å². The average molecular weight is 218 g/mol. The number of fused-ring (bicyclic) bond motifs is 1. The van der Waals surface area contributed by atoms with E-state index in [-0.39, 0.29) is 0 Å². The highest BCUT2D eigenvalue weighted by Gasteiger charge is 2.16. The van der Waals surface area contributed by atoms with Gasteiger partial charge in [-0.15, -0.1) is 0 Å². The zero-order valence-electron chi connectivity index (χ0n) is 7.12. The number of hydrogen-bond donors (Lipinski definition) is 0. The van der Waals surface area contributed by atoms with Crippen molar-refractivity contribution < 1.29 is 22.0 Å². The monoisotopic (exact) mass is 218 g/mol. The van der Waals surface area contributed by atoms with E-state index < -0.39 is 39.9 Å². The summed E-state index contributed by atoms with van der Waals surface area (Å²) in [5.41, 5.74) is 0. The van der Waals surface area contributed by atoms with Crippen LogP contribution in [0.5, 0.6) is 0 Å².